The number of ether oxygens (including phenoxy) is 3. The van der Waals surface area contributed by atoms with Crippen LogP contribution in [-0.2, 0) is 28.6 Å². The zero-order valence-corrected chi connectivity index (χ0v) is 33.9. The molecular formula is C45H74NO7+. The minimum Gasteiger partial charge on any atom is -0.477 e. The molecule has 0 fully saturated rings. The highest BCUT2D eigenvalue weighted by Gasteiger charge is 2.31. The zero-order valence-electron chi connectivity index (χ0n) is 33.9. The Morgan fingerprint density at radius 1 is 0.566 bits per heavy atom. The number of carbonyl (C=O) groups excluding carboxylic acids is 2. The summed E-state index contributed by atoms with van der Waals surface area (Å²) in [6.07, 6.45) is 44.9. The third-order valence-corrected chi connectivity index (χ3v) is 8.29. The number of esters is 2. The van der Waals surface area contributed by atoms with Crippen LogP contribution in [0.15, 0.2) is 85.1 Å². The van der Waals surface area contributed by atoms with Gasteiger partial charge >= 0.3 is 17.9 Å². The molecule has 0 bridgehead atoms. The van der Waals surface area contributed by atoms with E-state index in [1.165, 1.54) is 0 Å². The number of carboxylic acids is 1. The van der Waals surface area contributed by atoms with Gasteiger partial charge in [0.25, 0.3) is 0 Å². The lowest BCUT2D eigenvalue weighted by molar-refractivity contribution is -0.887. The van der Waals surface area contributed by atoms with E-state index in [2.05, 4.69) is 98.9 Å². The molecule has 0 aliphatic carbocycles. The van der Waals surface area contributed by atoms with Crippen LogP contribution in [0.25, 0.3) is 0 Å². The van der Waals surface area contributed by atoms with Crippen LogP contribution in [0, 0.1) is 0 Å². The van der Waals surface area contributed by atoms with Gasteiger partial charge in [0.2, 0.25) is 0 Å². The molecule has 2 atom stereocenters. The number of allylic oxidation sites excluding steroid dienone is 14. The number of aliphatic carboxylic acids is 1. The Morgan fingerprint density at radius 3 is 1.53 bits per heavy atom. The molecule has 0 heterocycles. The van der Waals surface area contributed by atoms with E-state index in [4.69, 9.17) is 14.2 Å². The normalized spacial score (nSPS) is 13.9. The van der Waals surface area contributed by atoms with Crippen LogP contribution in [0.3, 0.4) is 0 Å². The number of hydrogen-bond donors (Lipinski definition) is 1. The summed E-state index contributed by atoms with van der Waals surface area (Å²) in [7, 11) is 5.48. The molecule has 0 radical (unpaired) electrons. The van der Waals surface area contributed by atoms with Crippen LogP contribution in [-0.4, -0.2) is 80.6 Å². The average Bonchev–Trinajstić information content (AvgIpc) is 3.11. The predicted molar refractivity (Wildman–Crippen MR) is 220 cm³/mol. The Bertz CT molecular complexity index is 1140. The monoisotopic (exact) mass is 741 g/mol. The van der Waals surface area contributed by atoms with Gasteiger partial charge in [-0.3, -0.25) is 9.59 Å². The number of unbranched alkanes of at least 4 members (excludes halogenated alkanes) is 6. The highest BCUT2D eigenvalue weighted by Crippen LogP contribution is 2.11. The van der Waals surface area contributed by atoms with Crippen LogP contribution < -0.4 is 0 Å². The minimum atomic E-state index is -0.891. The third-order valence-electron chi connectivity index (χ3n) is 8.29. The fourth-order valence-corrected chi connectivity index (χ4v) is 5.22. The lowest BCUT2D eigenvalue weighted by Gasteiger charge is -2.31. The first kappa shape index (κ1) is 49.5. The van der Waals surface area contributed by atoms with E-state index in [0.29, 0.717) is 19.3 Å². The quantitative estimate of drug-likeness (QED) is 0.0303. The standard InChI is InChI=1S/C45H73NO7/c1-6-8-10-12-14-16-18-20-21-22-23-24-26-28-30-32-34-36-44(48)53-41(39-51-38-37-42(45(49)50)46(3,4)5)40-52-43(47)35-33-31-29-27-25-19-17-15-13-11-9-7-2/h8-11,14-17,20-21,23-24,28,30,41-42H,6-7,12-13,18-19,22,25-27,29,31-40H2,1-5H3/p+1/b10-8+,11-9+,16-14+,17-15+,21-20+,24-23+,30-28+. The topological polar surface area (TPSA) is 99.1 Å². The van der Waals surface area contributed by atoms with Crippen LogP contribution in [0.1, 0.15) is 129 Å². The minimum absolute atomic E-state index is 0.0284. The molecular weight excluding hydrogens is 666 g/mol. The first-order valence-corrected chi connectivity index (χ1v) is 20.1. The second kappa shape index (κ2) is 35.5. The summed E-state index contributed by atoms with van der Waals surface area (Å²) in [5.74, 6) is -1.58. The Balaban J connectivity index is 4.54. The molecule has 0 aliphatic heterocycles. The van der Waals surface area contributed by atoms with Gasteiger partial charge in [-0.05, 0) is 77.0 Å². The SMILES string of the molecule is CC/C=C/C/C=C/C/C=C/C/C=C/C/C=C/CCCC(=O)OC(COCCC(C(=O)O)[N+](C)(C)C)COC(=O)CCCCCCC/C=C/C/C=C/CC. The number of quaternary nitrogens is 1. The highest BCUT2D eigenvalue weighted by atomic mass is 16.6. The summed E-state index contributed by atoms with van der Waals surface area (Å²) in [6.45, 7) is 4.40. The predicted octanol–water partition coefficient (Wildman–Crippen LogP) is 10.6. The Morgan fingerprint density at radius 2 is 1.02 bits per heavy atom. The molecule has 0 aromatic rings. The molecule has 0 aromatic heterocycles. The van der Waals surface area contributed by atoms with Crippen molar-refractivity contribution in [1.82, 2.24) is 0 Å². The Hall–Kier alpha value is -3.49. The lowest BCUT2D eigenvalue weighted by Crippen LogP contribution is -2.50. The summed E-state index contributed by atoms with van der Waals surface area (Å²) in [5.41, 5.74) is 0. The van der Waals surface area contributed by atoms with Gasteiger partial charge in [0.15, 0.2) is 12.1 Å². The van der Waals surface area contributed by atoms with E-state index in [9.17, 15) is 19.5 Å². The fraction of sp³-hybridized carbons (Fsp3) is 0.622. The Kier molecular flexibility index (Phi) is 33.2. The zero-order chi connectivity index (χ0) is 39.3. The average molecular weight is 741 g/mol. The summed E-state index contributed by atoms with van der Waals surface area (Å²) in [5, 5.41) is 9.59. The summed E-state index contributed by atoms with van der Waals surface area (Å²) in [6, 6.07) is -0.630. The summed E-state index contributed by atoms with van der Waals surface area (Å²) >= 11 is 0. The first-order chi connectivity index (χ1) is 25.6. The molecule has 53 heavy (non-hydrogen) atoms. The second-order valence-electron chi connectivity index (χ2n) is 14.1. The molecule has 1 N–H and O–H groups in total. The van der Waals surface area contributed by atoms with E-state index in [-0.39, 0.29) is 42.7 Å². The van der Waals surface area contributed by atoms with Crippen LogP contribution in [0.2, 0.25) is 0 Å². The van der Waals surface area contributed by atoms with Crippen LogP contribution >= 0.6 is 0 Å². The molecule has 0 aromatic carbocycles. The molecule has 2 unspecified atom stereocenters. The van der Waals surface area contributed by atoms with Gasteiger partial charge < -0.3 is 23.8 Å². The maximum absolute atomic E-state index is 12.7. The van der Waals surface area contributed by atoms with Gasteiger partial charge in [-0.25, -0.2) is 4.79 Å². The van der Waals surface area contributed by atoms with E-state index in [1.54, 1.807) is 0 Å². The maximum Gasteiger partial charge on any atom is 0.362 e. The molecule has 300 valence electrons. The fourth-order valence-electron chi connectivity index (χ4n) is 5.22. The van der Waals surface area contributed by atoms with Crippen molar-refractivity contribution in [2.75, 3.05) is 41.0 Å². The maximum atomic E-state index is 12.7. The third kappa shape index (κ3) is 34.1. The van der Waals surface area contributed by atoms with E-state index in [1.807, 2.05) is 21.1 Å². The number of carbonyl (C=O) groups is 3. The molecule has 0 aliphatic rings. The van der Waals surface area contributed by atoms with E-state index < -0.39 is 18.1 Å². The Labute approximate surface area is 323 Å². The van der Waals surface area contributed by atoms with Gasteiger partial charge in [0.1, 0.15) is 6.61 Å². The van der Waals surface area contributed by atoms with Gasteiger partial charge in [0.05, 0.1) is 34.4 Å². The summed E-state index contributed by atoms with van der Waals surface area (Å²) in [4.78, 5) is 36.8. The highest BCUT2D eigenvalue weighted by molar-refractivity contribution is 5.72. The van der Waals surface area contributed by atoms with E-state index in [0.717, 1.165) is 89.9 Å². The van der Waals surface area contributed by atoms with E-state index >= 15 is 0 Å². The van der Waals surface area contributed by atoms with Crippen molar-refractivity contribution in [3.05, 3.63) is 85.1 Å². The van der Waals surface area contributed by atoms with Crippen LogP contribution in [0.5, 0.6) is 0 Å². The van der Waals surface area contributed by atoms with Crippen molar-refractivity contribution in [2.24, 2.45) is 0 Å². The number of carboxylic acid groups (broad SMARTS) is 1. The lowest BCUT2D eigenvalue weighted by atomic mass is 10.1. The second-order valence-corrected chi connectivity index (χ2v) is 14.1. The van der Waals surface area contributed by atoms with Gasteiger partial charge in [-0.1, -0.05) is 118 Å². The number of nitrogens with zero attached hydrogens (tertiary/aromatic N) is 1. The van der Waals surface area contributed by atoms with Gasteiger partial charge in [-0.2, -0.15) is 0 Å². The summed E-state index contributed by atoms with van der Waals surface area (Å²) < 4.78 is 17.1. The molecule has 0 spiro atoms. The molecule has 8 nitrogen and oxygen atoms in total. The van der Waals surface area contributed by atoms with Crippen molar-refractivity contribution in [3.63, 3.8) is 0 Å². The van der Waals surface area contributed by atoms with Gasteiger partial charge in [-0.15, -0.1) is 0 Å². The molecule has 0 amide bonds. The first-order valence-electron chi connectivity index (χ1n) is 20.1. The largest absolute Gasteiger partial charge is 0.477 e. The van der Waals surface area contributed by atoms with Crippen molar-refractivity contribution in [2.45, 2.75) is 142 Å². The molecule has 8 heteroatoms. The number of hydrogen-bond acceptors (Lipinski definition) is 6. The van der Waals surface area contributed by atoms with Crippen molar-refractivity contribution >= 4 is 17.9 Å². The number of rotatable bonds is 34. The van der Waals surface area contributed by atoms with Gasteiger partial charge in [0, 0.05) is 19.3 Å². The molecule has 0 saturated carbocycles. The smallest absolute Gasteiger partial charge is 0.362 e. The van der Waals surface area contributed by atoms with Crippen LogP contribution in [0.4, 0.5) is 0 Å². The molecule has 0 saturated heterocycles. The van der Waals surface area contributed by atoms with Crippen molar-refractivity contribution in [3.8, 4) is 0 Å². The van der Waals surface area contributed by atoms with Crippen molar-refractivity contribution < 1.29 is 38.2 Å². The molecule has 0 rings (SSSR count). The number of likely N-dealkylation sites (N-methyl/N-ethyl adjacent to an activating group) is 1. The van der Waals surface area contributed by atoms with Crippen molar-refractivity contribution in [1.29, 1.82) is 0 Å².